The normalized spacial score (nSPS) is 12.6. The summed E-state index contributed by atoms with van der Waals surface area (Å²) in [5, 5.41) is 0. The van der Waals surface area contributed by atoms with E-state index >= 15 is 0 Å². The van der Waals surface area contributed by atoms with Gasteiger partial charge in [0.15, 0.2) is 6.61 Å². The van der Waals surface area contributed by atoms with Crippen LogP contribution in [0.25, 0.3) is 0 Å². The molecule has 1 heterocycles. The van der Waals surface area contributed by atoms with Gasteiger partial charge in [0, 0.05) is 10.9 Å². The van der Waals surface area contributed by atoms with Gasteiger partial charge in [-0.05, 0) is 43.0 Å². The van der Waals surface area contributed by atoms with Crippen molar-refractivity contribution in [3.05, 3.63) is 51.5 Å². The number of thiophene rings is 1. The maximum Gasteiger partial charge on any atom is 0.279 e. The number of nitrogens with one attached hydrogen (secondary N) is 2. The second-order valence-corrected chi connectivity index (χ2v) is 6.30. The summed E-state index contributed by atoms with van der Waals surface area (Å²) in [5.41, 5.74) is 5.86. The van der Waals surface area contributed by atoms with Crippen LogP contribution in [0.5, 0.6) is 5.75 Å². The van der Waals surface area contributed by atoms with E-state index < -0.39 is 11.7 Å². The highest BCUT2D eigenvalue weighted by molar-refractivity contribution is 7.14. The SMILES string of the molecule is O=C(COc1cccc(F)c1)NNC(=O)c1cc2c(s1)CCC2. The number of hydrazine groups is 1. The van der Waals surface area contributed by atoms with Crippen LogP contribution in [-0.4, -0.2) is 18.4 Å². The molecular formula is C16H15FN2O3S. The zero-order valence-corrected chi connectivity index (χ0v) is 13.0. The molecule has 1 aromatic carbocycles. The van der Waals surface area contributed by atoms with Crippen molar-refractivity contribution in [2.24, 2.45) is 0 Å². The van der Waals surface area contributed by atoms with Crippen LogP contribution in [0.2, 0.25) is 0 Å². The van der Waals surface area contributed by atoms with Crippen LogP contribution in [0.4, 0.5) is 4.39 Å². The number of halogens is 1. The first-order chi connectivity index (χ1) is 11.1. The summed E-state index contributed by atoms with van der Waals surface area (Å²) in [4.78, 5) is 25.4. The number of amides is 2. The monoisotopic (exact) mass is 334 g/mol. The molecule has 1 aliphatic rings. The summed E-state index contributed by atoms with van der Waals surface area (Å²) in [6, 6.07) is 7.37. The average molecular weight is 334 g/mol. The van der Waals surface area contributed by atoms with Gasteiger partial charge in [-0.25, -0.2) is 4.39 Å². The van der Waals surface area contributed by atoms with E-state index in [1.54, 1.807) is 6.07 Å². The van der Waals surface area contributed by atoms with Gasteiger partial charge in [0.25, 0.3) is 11.8 Å². The fraction of sp³-hybridized carbons (Fsp3) is 0.250. The van der Waals surface area contributed by atoms with Gasteiger partial charge in [0.2, 0.25) is 0 Å². The first-order valence-electron chi connectivity index (χ1n) is 7.21. The predicted molar refractivity (Wildman–Crippen MR) is 83.8 cm³/mol. The molecule has 0 fully saturated rings. The molecule has 0 spiro atoms. The molecule has 2 aromatic rings. The Labute approximate surface area is 136 Å². The molecule has 0 atom stereocenters. The average Bonchev–Trinajstić information content (AvgIpc) is 3.12. The van der Waals surface area contributed by atoms with Crippen LogP contribution in [0.15, 0.2) is 30.3 Å². The summed E-state index contributed by atoms with van der Waals surface area (Å²) in [5.74, 6) is -1.06. The van der Waals surface area contributed by atoms with E-state index in [1.807, 2.05) is 6.07 Å². The van der Waals surface area contributed by atoms with E-state index in [9.17, 15) is 14.0 Å². The Kier molecular flexibility index (Phi) is 4.57. The molecular weight excluding hydrogens is 319 g/mol. The Balaban J connectivity index is 1.45. The lowest BCUT2D eigenvalue weighted by Gasteiger charge is -2.08. The molecule has 1 aromatic heterocycles. The summed E-state index contributed by atoms with van der Waals surface area (Å²) in [6.07, 6.45) is 3.16. The summed E-state index contributed by atoms with van der Waals surface area (Å²) >= 11 is 1.46. The molecule has 2 amide bonds. The third-order valence-corrected chi connectivity index (χ3v) is 4.69. The number of hydrogen-bond acceptors (Lipinski definition) is 4. The van der Waals surface area contributed by atoms with E-state index in [1.165, 1.54) is 40.0 Å². The Hall–Kier alpha value is -2.41. The fourth-order valence-electron chi connectivity index (χ4n) is 2.37. The molecule has 5 nitrogen and oxygen atoms in total. The maximum atomic E-state index is 13.0. The Morgan fingerprint density at radius 2 is 2.09 bits per heavy atom. The Bertz CT molecular complexity index is 723. The zero-order valence-electron chi connectivity index (χ0n) is 12.2. The summed E-state index contributed by atoms with van der Waals surface area (Å²) < 4.78 is 18.1. The van der Waals surface area contributed by atoms with Crippen molar-refractivity contribution in [1.82, 2.24) is 10.9 Å². The molecule has 0 saturated carbocycles. The van der Waals surface area contributed by atoms with Crippen LogP contribution in [0.3, 0.4) is 0 Å². The van der Waals surface area contributed by atoms with Gasteiger partial charge < -0.3 is 4.74 Å². The highest BCUT2D eigenvalue weighted by atomic mass is 32.1. The second kappa shape index (κ2) is 6.78. The Morgan fingerprint density at radius 3 is 2.87 bits per heavy atom. The highest BCUT2D eigenvalue weighted by Gasteiger charge is 2.18. The lowest BCUT2D eigenvalue weighted by molar-refractivity contribution is -0.123. The molecule has 3 rings (SSSR count). The van der Waals surface area contributed by atoms with Crippen molar-refractivity contribution in [2.75, 3.05) is 6.61 Å². The molecule has 0 aliphatic heterocycles. The third kappa shape index (κ3) is 3.87. The smallest absolute Gasteiger partial charge is 0.279 e. The number of hydrogen-bond donors (Lipinski definition) is 2. The van der Waals surface area contributed by atoms with Crippen LogP contribution in [-0.2, 0) is 17.6 Å². The number of carbonyl (C=O) groups is 2. The first kappa shape index (κ1) is 15.5. The van der Waals surface area contributed by atoms with Crippen LogP contribution in [0.1, 0.15) is 26.5 Å². The minimum Gasteiger partial charge on any atom is -0.484 e. The minimum atomic E-state index is -0.522. The number of fused-ring (bicyclic) bond motifs is 1. The largest absolute Gasteiger partial charge is 0.484 e. The van der Waals surface area contributed by atoms with E-state index in [2.05, 4.69) is 10.9 Å². The van der Waals surface area contributed by atoms with Gasteiger partial charge in [-0.1, -0.05) is 6.07 Å². The molecule has 2 N–H and O–H groups in total. The number of aryl methyl sites for hydroxylation is 2. The van der Waals surface area contributed by atoms with E-state index in [0.29, 0.717) is 4.88 Å². The lowest BCUT2D eigenvalue weighted by atomic mass is 10.2. The van der Waals surface area contributed by atoms with Gasteiger partial charge in [-0.2, -0.15) is 0 Å². The van der Waals surface area contributed by atoms with Gasteiger partial charge in [0.1, 0.15) is 11.6 Å². The number of rotatable bonds is 4. The molecule has 23 heavy (non-hydrogen) atoms. The van der Waals surface area contributed by atoms with Gasteiger partial charge in [-0.15, -0.1) is 11.3 Å². The van der Waals surface area contributed by atoms with Crippen molar-refractivity contribution in [3.8, 4) is 5.75 Å². The highest BCUT2D eigenvalue weighted by Crippen LogP contribution is 2.30. The Morgan fingerprint density at radius 1 is 1.22 bits per heavy atom. The fourth-order valence-corrected chi connectivity index (χ4v) is 3.52. The van der Waals surface area contributed by atoms with E-state index in [4.69, 9.17) is 4.74 Å². The van der Waals surface area contributed by atoms with Crippen molar-refractivity contribution in [1.29, 1.82) is 0 Å². The van der Waals surface area contributed by atoms with Gasteiger partial charge in [-0.3, -0.25) is 20.4 Å². The molecule has 0 unspecified atom stereocenters. The second-order valence-electron chi connectivity index (χ2n) is 5.16. The first-order valence-corrected chi connectivity index (χ1v) is 8.02. The van der Waals surface area contributed by atoms with Crippen LogP contribution >= 0.6 is 11.3 Å². The summed E-state index contributed by atoms with van der Waals surface area (Å²) in [7, 11) is 0. The maximum absolute atomic E-state index is 13.0. The molecule has 120 valence electrons. The third-order valence-electron chi connectivity index (χ3n) is 3.45. The number of ether oxygens (including phenoxy) is 1. The van der Waals surface area contributed by atoms with Crippen molar-refractivity contribution >= 4 is 23.2 Å². The molecule has 0 radical (unpaired) electrons. The van der Waals surface area contributed by atoms with Crippen molar-refractivity contribution < 1.29 is 18.7 Å². The quantitative estimate of drug-likeness (QED) is 0.843. The standard InChI is InChI=1S/C16H15FN2O3S/c17-11-4-2-5-12(8-11)22-9-15(20)18-19-16(21)14-7-10-3-1-6-13(10)23-14/h2,4-5,7-8H,1,3,6,9H2,(H,18,20)(H,19,21). The van der Waals surface area contributed by atoms with Gasteiger partial charge in [0.05, 0.1) is 4.88 Å². The topological polar surface area (TPSA) is 67.4 Å². The van der Waals surface area contributed by atoms with Crippen molar-refractivity contribution in [2.45, 2.75) is 19.3 Å². The number of benzene rings is 1. The molecule has 7 heteroatoms. The predicted octanol–water partition coefficient (Wildman–Crippen LogP) is 2.22. The van der Waals surface area contributed by atoms with Crippen LogP contribution < -0.4 is 15.6 Å². The number of carbonyl (C=O) groups excluding carboxylic acids is 2. The molecule has 0 bridgehead atoms. The summed E-state index contributed by atoms with van der Waals surface area (Å²) in [6.45, 7) is -0.315. The van der Waals surface area contributed by atoms with Gasteiger partial charge >= 0.3 is 0 Å². The van der Waals surface area contributed by atoms with Crippen LogP contribution in [0, 0.1) is 5.82 Å². The minimum absolute atomic E-state index is 0.251. The zero-order chi connectivity index (χ0) is 16.2. The van der Waals surface area contributed by atoms with E-state index in [0.717, 1.165) is 19.3 Å². The van der Waals surface area contributed by atoms with E-state index in [-0.39, 0.29) is 18.3 Å². The van der Waals surface area contributed by atoms with Crippen molar-refractivity contribution in [3.63, 3.8) is 0 Å². The molecule has 1 aliphatic carbocycles. The molecule has 0 saturated heterocycles. The lowest BCUT2D eigenvalue weighted by Crippen LogP contribution is -2.43.